The second-order valence-corrected chi connectivity index (χ2v) is 4.62. The van der Waals surface area contributed by atoms with Gasteiger partial charge in [0.15, 0.2) is 5.82 Å². The Kier molecular flexibility index (Phi) is 2.83. The Morgan fingerprint density at radius 2 is 2.11 bits per heavy atom. The fourth-order valence-corrected chi connectivity index (χ4v) is 2.25. The quantitative estimate of drug-likeness (QED) is 0.877. The van der Waals surface area contributed by atoms with E-state index in [1.807, 2.05) is 4.68 Å². The van der Waals surface area contributed by atoms with Crippen LogP contribution >= 0.6 is 0 Å². The number of aromatic nitrogens is 3. The molecule has 2 aromatic rings. The van der Waals surface area contributed by atoms with E-state index in [2.05, 4.69) is 10.1 Å². The van der Waals surface area contributed by atoms with E-state index in [0.29, 0.717) is 5.82 Å². The zero-order valence-electron chi connectivity index (χ0n) is 9.88. The summed E-state index contributed by atoms with van der Waals surface area (Å²) in [5.74, 6) is 1.55. The Bertz CT molecular complexity index is 550. The van der Waals surface area contributed by atoms with Crippen molar-refractivity contribution in [3.8, 4) is 11.4 Å². The lowest BCUT2D eigenvalue weighted by atomic mass is 9.99. The zero-order chi connectivity index (χ0) is 12.5. The summed E-state index contributed by atoms with van der Waals surface area (Å²) in [4.78, 5) is 4.47. The van der Waals surface area contributed by atoms with E-state index in [9.17, 15) is 9.50 Å². The average molecular weight is 247 g/mol. The first-order chi connectivity index (χ1) is 8.76. The molecule has 0 saturated carbocycles. The molecule has 94 valence electrons. The Hall–Kier alpha value is -1.75. The fraction of sp³-hybridized carbons (Fsp3) is 0.385. The van der Waals surface area contributed by atoms with Crippen molar-refractivity contribution in [2.45, 2.75) is 19.4 Å². The van der Waals surface area contributed by atoms with Gasteiger partial charge in [0.05, 0.1) is 0 Å². The van der Waals surface area contributed by atoms with Crippen LogP contribution in [0, 0.1) is 11.7 Å². The maximum Gasteiger partial charge on any atom is 0.181 e. The molecule has 3 rings (SSSR count). The summed E-state index contributed by atoms with van der Waals surface area (Å²) in [6.45, 7) is 0.980. The molecule has 1 unspecified atom stereocenters. The molecular weight excluding hydrogens is 233 g/mol. The summed E-state index contributed by atoms with van der Waals surface area (Å²) in [5, 5.41) is 13.6. The molecule has 1 aliphatic heterocycles. The Morgan fingerprint density at radius 1 is 1.33 bits per heavy atom. The van der Waals surface area contributed by atoms with Gasteiger partial charge in [-0.15, -0.1) is 0 Å². The molecule has 1 N–H and O–H groups in total. The molecule has 18 heavy (non-hydrogen) atoms. The molecule has 1 aromatic carbocycles. The minimum atomic E-state index is -0.261. The van der Waals surface area contributed by atoms with Gasteiger partial charge in [-0.1, -0.05) is 0 Å². The normalized spacial score (nSPS) is 18.7. The summed E-state index contributed by atoms with van der Waals surface area (Å²) >= 11 is 0. The summed E-state index contributed by atoms with van der Waals surface area (Å²) in [7, 11) is 0. The minimum absolute atomic E-state index is 0.193. The van der Waals surface area contributed by atoms with Crippen LogP contribution in [0.5, 0.6) is 0 Å². The molecule has 0 bridgehead atoms. The van der Waals surface area contributed by atoms with Gasteiger partial charge in [-0.2, -0.15) is 5.10 Å². The van der Waals surface area contributed by atoms with E-state index in [1.165, 1.54) is 12.1 Å². The molecule has 0 spiro atoms. The van der Waals surface area contributed by atoms with Crippen molar-refractivity contribution < 1.29 is 9.50 Å². The van der Waals surface area contributed by atoms with Crippen LogP contribution in [0.25, 0.3) is 11.4 Å². The number of rotatable bonds is 2. The molecule has 1 aromatic heterocycles. The van der Waals surface area contributed by atoms with E-state index in [-0.39, 0.29) is 18.3 Å². The number of aliphatic hydroxyl groups excluding tert-OH is 1. The van der Waals surface area contributed by atoms with Crippen LogP contribution in [0.4, 0.5) is 4.39 Å². The van der Waals surface area contributed by atoms with Gasteiger partial charge < -0.3 is 5.11 Å². The molecular formula is C13H14FN3O. The predicted molar refractivity (Wildman–Crippen MR) is 64.3 cm³/mol. The van der Waals surface area contributed by atoms with Gasteiger partial charge >= 0.3 is 0 Å². The molecule has 1 aliphatic rings. The monoisotopic (exact) mass is 247 g/mol. The number of halogens is 1. The topological polar surface area (TPSA) is 50.9 Å². The number of benzene rings is 1. The third-order valence-electron chi connectivity index (χ3n) is 3.33. The third kappa shape index (κ3) is 2.01. The number of hydrogen-bond acceptors (Lipinski definition) is 3. The Labute approximate surface area is 104 Å². The van der Waals surface area contributed by atoms with Crippen LogP contribution in [0.15, 0.2) is 24.3 Å². The second kappa shape index (κ2) is 4.49. The summed E-state index contributed by atoms with van der Waals surface area (Å²) in [6, 6.07) is 6.18. The van der Waals surface area contributed by atoms with Crippen LogP contribution in [0.1, 0.15) is 12.2 Å². The van der Waals surface area contributed by atoms with Crippen molar-refractivity contribution in [2.24, 2.45) is 5.92 Å². The van der Waals surface area contributed by atoms with E-state index in [4.69, 9.17) is 0 Å². The smallest absolute Gasteiger partial charge is 0.181 e. The molecule has 0 radical (unpaired) electrons. The number of hydrogen-bond donors (Lipinski definition) is 1. The SMILES string of the molecule is OCC1CCn2nc(-c3ccc(F)cc3)nc2C1. The van der Waals surface area contributed by atoms with Crippen molar-refractivity contribution in [1.82, 2.24) is 14.8 Å². The number of aliphatic hydroxyl groups is 1. The largest absolute Gasteiger partial charge is 0.396 e. The van der Waals surface area contributed by atoms with E-state index < -0.39 is 0 Å². The molecule has 0 saturated heterocycles. The van der Waals surface area contributed by atoms with E-state index >= 15 is 0 Å². The lowest BCUT2D eigenvalue weighted by Gasteiger charge is -2.19. The Balaban J connectivity index is 1.91. The van der Waals surface area contributed by atoms with Gasteiger partial charge in [0.1, 0.15) is 11.6 Å². The number of aryl methyl sites for hydroxylation is 1. The summed E-state index contributed by atoms with van der Waals surface area (Å²) in [6.07, 6.45) is 1.68. The fourth-order valence-electron chi connectivity index (χ4n) is 2.25. The standard InChI is InChI=1S/C13H14FN3O/c14-11-3-1-10(2-4-11)13-15-12-7-9(8-18)5-6-17(12)16-13/h1-4,9,18H,5-8H2. The van der Waals surface area contributed by atoms with Crippen molar-refractivity contribution in [2.75, 3.05) is 6.61 Å². The number of nitrogens with zero attached hydrogens (tertiary/aromatic N) is 3. The Morgan fingerprint density at radius 3 is 2.83 bits per heavy atom. The van der Waals surface area contributed by atoms with E-state index in [0.717, 1.165) is 30.8 Å². The molecule has 0 aliphatic carbocycles. The zero-order valence-corrected chi connectivity index (χ0v) is 9.88. The third-order valence-corrected chi connectivity index (χ3v) is 3.33. The van der Waals surface area contributed by atoms with Crippen molar-refractivity contribution in [1.29, 1.82) is 0 Å². The van der Waals surface area contributed by atoms with Gasteiger partial charge in [0.25, 0.3) is 0 Å². The van der Waals surface area contributed by atoms with E-state index in [1.54, 1.807) is 12.1 Å². The van der Waals surface area contributed by atoms with Gasteiger partial charge in [-0.3, -0.25) is 0 Å². The first kappa shape index (κ1) is 11.3. The van der Waals surface area contributed by atoms with Gasteiger partial charge in [-0.05, 0) is 36.6 Å². The van der Waals surface area contributed by atoms with Crippen LogP contribution < -0.4 is 0 Å². The second-order valence-electron chi connectivity index (χ2n) is 4.62. The first-order valence-corrected chi connectivity index (χ1v) is 6.07. The van der Waals surface area contributed by atoms with Crippen LogP contribution in [-0.2, 0) is 13.0 Å². The molecule has 0 fully saturated rings. The minimum Gasteiger partial charge on any atom is -0.396 e. The highest BCUT2D eigenvalue weighted by atomic mass is 19.1. The first-order valence-electron chi connectivity index (χ1n) is 6.07. The highest BCUT2D eigenvalue weighted by Gasteiger charge is 2.21. The predicted octanol–water partition coefficient (Wildman–Crippen LogP) is 1.64. The highest BCUT2D eigenvalue weighted by molar-refractivity contribution is 5.54. The lowest BCUT2D eigenvalue weighted by molar-refractivity contribution is 0.196. The molecule has 0 amide bonds. The van der Waals surface area contributed by atoms with Gasteiger partial charge in [-0.25, -0.2) is 14.1 Å². The van der Waals surface area contributed by atoms with Crippen molar-refractivity contribution in [3.63, 3.8) is 0 Å². The lowest BCUT2D eigenvalue weighted by Crippen LogP contribution is -2.22. The van der Waals surface area contributed by atoms with Crippen LogP contribution in [-0.4, -0.2) is 26.5 Å². The van der Waals surface area contributed by atoms with Crippen molar-refractivity contribution in [3.05, 3.63) is 35.9 Å². The van der Waals surface area contributed by atoms with Gasteiger partial charge in [0, 0.05) is 25.1 Å². The van der Waals surface area contributed by atoms with Gasteiger partial charge in [0.2, 0.25) is 0 Å². The van der Waals surface area contributed by atoms with Crippen LogP contribution in [0.3, 0.4) is 0 Å². The maximum absolute atomic E-state index is 12.9. The summed E-state index contributed by atoms with van der Waals surface area (Å²) < 4.78 is 14.7. The average Bonchev–Trinajstić information content (AvgIpc) is 2.82. The van der Waals surface area contributed by atoms with Crippen molar-refractivity contribution >= 4 is 0 Å². The molecule has 5 heteroatoms. The number of fused-ring (bicyclic) bond motifs is 1. The molecule has 1 atom stereocenters. The molecule has 4 nitrogen and oxygen atoms in total. The summed E-state index contributed by atoms with van der Waals surface area (Å²) in [5.41, 5.74) is 0.818. The maximum atomic E-state index is 12.9. The highest BCUT2D eigenvalue weighted by Crippen LogP contribution is 2.22. The van der Waals surface area contributed by atoms with Crippen LogP contribution in [0.2, 0.25) is 0 Å². The molecule has 2 heterocycles.